The smallest absolute Gasteiger partial charge is 0.273 e. The first-order valence-corrected chi connectivity index (χ1v) is 6.63. The third-order valence-electron chi connectivity index (χ3n) is 2.86. The molecule has 106 valence electrons. The van der Waals surface area contributed by atoms with Crippen molar-refractivity contribution < 1.29 is 4.79 Å². The van der Waals surface area contributed by atoms with Crippen molar-refractivity contribution in [1.29, 1.82) is 0 Å². The Labute approximate surface area is 124 Å². The molecule has 2 aromatic rings. The van der Waals surface area contributed by atoms with E-state index in [1.165, 1.54) is 0 Å². The Bertz CT molecular complexity index is 648. The van der Waals surface area contributed by atoms with Crippen molar-refractivity contribution >= 4 is 23.9 Å². The number of carbonyl (C=O) groups is 1. The summed E-state index contributed by atoms with van der Waals surface area (Å²) < 4.78 is 0. The number of allylic oxidation sites excluding steroid dienone is 1. The van der Waals surface area contributed by atoms with Crippen LogP contribution in [-0.2, 0) is 0 Å². The van der Waals surface area contributed by atoms with Crippen LogP contribution in [0.5, 0.6) is 0 Å². The van der Waals surface area contributed by atoms with Crippen molar-refractivity contribution in [3.05, 3.63) is 71.8 Å². The van der Waals surface area contributed by atoms with Crippen LogP contribution in [0.3, 0.4) is 0 Å². The summed E-state index contributed by atoms with van der Waals surface area (Å²) in [6, 6.07) is 17.2. The summed E-state index contributed by atoms with van der Waals surface area (Å²) in [6.45, 7) is 0. The second kappa shape index (κ2) is 7.65. The first kappa shape index (κ1) is 14.5. The van der Waals surface area contributed by atoms with Gasteiger partial charge >= 0.3 is 0 Å². The molecule has 4 nitrogen and oxygen atoms in total. The largest absolute Gasteiger partial charge is 0.387 e. The van der Waals surface area contributed by atoms with Crippen LogP contribution < -0.4 is 10.7 Å². The lowest BCUT2D eigenvalue weighted by molar-refractivity contribution is 0.0956. The molecular formula is C17H17N3O. The summed E-state index contributed by atoms with van der Waals surface area (Å²) >= 11 is 0. The predicted octanol–water partition coefficient (Wildman–Crippen LogP) is 3.16. The van der Waals surface area contributed by atoms with Crippen LogP contribution in [0, 0.1) is 0 Å². The Morgan fingerprint density at radius 3 is 2.52 bits per heavy atom. The van der Waals surface area contributed by atoms with Crippen molar-refractivity contribution in [2.45, 2.75) is 0 Å². The lowest BCUT2D eigenvalue weighted by atomic mass is 10.1. The number of amides is 1. The zero-order valence-corrected chi connectivity index (χ0v) is 11.8. The molecule has 2 rings (SSSR count). The van der Waals surface area contributed by atoms with E-state index in [1.54, 1.807) is 25.4 Å². The lowest BCUT2D eigenvalue weighted by Gasteiger charge is -2.06. The molecule has 1 amide bonds. The molecule has 21 heavy (non-hydrogen) atoms. The fourth-order valence-corrected chi connectivity index (χ4v) is 1.82. The van der Waals surface area contributed by atoms with Gasteiger partial charge in [0, 0.05) is 18.9 Å². The van der Waals surface area contributed by atoms with Gasteiger partial charge < -0.3 is 5.32 Å². The zero-order chi connectivity index (χ0) is 14.9. The maximum Gasteiger partial charge on any atom is 0.273 e. The van der Waals surface area contributed by atoms with Gasteiger partial charge in [-0.1, -0.05) is 48.5 Å². The van der Waals surface area contributed by atoms with Gasteiger partial charge in [0.25, 0.3) is 5.91 Å². The summed E-state index contributed by atoms with van der Waals surface area (Å²) in [5.41, 5.74) is 4.91. The number of carbonyl (C=O) groups excluding carboxylic acids is 1. The lowest BCUT2D eigenvalue weighted by Crippen LogP contribution is -2.18. The molecule has 0 bridgehead atoms. The van der Waals surface area contributed by atoms with Crippen LogP contribution in [0.15, 0.2) is 65.8 Å². The average molecular weight is 279 g/mol. The third kappa shape index (κ3) is 4.31. The van der Waals surface area contributed by atoms with Gasteiger partial charge in [0.05, 0.1) is 5.56 Å². The van der Waals surface area contributed by atoms with Gasteiger partial charge in [0.2, 0.25) is 0 Å². The van der Waals surface area contributed by atoms with Crippen LogP contribution in [0.2, 0.25) is 0 Å². The molecule has 0 heterocycles. The van der Waals surface area contributed by atoms with Gasteiger partial charge in [0.1, 0.15) is 0 Å². The number of hydrazone groups is 1. The Hall–Kier alpha value is -2.88. The molecule has 0 spiro atoms. The van der Waals surface area contributed by atoms with Crippen LogP contribution in [-0.4, -0.2) is 19.2 Å². The Balaban J connectivity index is 1.92. The molecule has 0 atom stereocenters. The van der Waals surface area contributed by atoms with E-state index < -0.39 is 0 Å². The Kier molecular flexibility index (Phi) is 5.29. The fraction of sp³-hybridized carbons (Fsp3) is 0.0588. The van der Waals surface area contributed by atoms with Crippen molar-refractivity contribution in [3.8, 4) is 0 Å². The van der Waals surface area contributed by atoms with E-state index in [2.05, 4.69) is 15.8 Å². The minimum Gasteiger partial charge on any atom is -0.387 e. The van der Waals surface area contributed by atoms with E-state index in [0.717, 1.165) is 11.3 Å². The van der Waals surface area contributed by atoms with Crippen molar-refractivity contribution in [3.63, 3.8) is 0 Å². The number of hydrogen-bond acceptors (Lipinski definition) is 3. The first-order valence-electron chi connectivity index (χ1n) is 6.63. The number of benzene rings is 2. The van der Waals surface area contributed by atoms with E-state index in [1.807, 2.05) is 54.6 Å². The summed E-state index contributed by atoms with van der Waals surface area (Å²) in [5, 5.41) is 6.87. The highest BCUT2D eigenvalue weighted by molar-refractivity contribution is 5.99. The topological polar surface area (TPSA) is 53.5 Å². The Morgan fingerprint density at radius 2 is 1.76 bits per heavy atom. The van der Waals surface area contributed by atoms with E-state index in [0.29, 0.717) is 5.56 Å². The number of nitrogens with one attached hydrogen (secondary N) is 2. The van der Waals surface area contributed by atoms with Crippen LogP contribution >= 0.6 is 0 Å². The molecule has 0 aliphatic rings. The molecular weight excluding hydrogens is 262 g/mol. The highest BCUT2D eigenvalue weighted by Gasteiger charge is 2.07. The first-order chi connectivity index (χ1) is 10.3. The highest BCUT2D eigenvalue weighted by Crippen LogP contribution is 2.13. The van der Waals surface area contributed by atoms with Crippen LogP contribution in [0.25, 0.3) is 6.08 Å². The number of hydrogen-bond donors (Lipinski definition) is 2. The molecule has 0 saturated carbocycles. The van der Waals surface area contributed by atoms with E-state index in [-0.39, 0.29) is 5.91 Å². The van der Waals surface area contributed by atoms with Gasteiger partial charge in [-0.15, -0.1) is 0 Å². The normalized spacial score (nSPS) is 10.9. The van der Waals surface area contributed by atoms with Crippen molar-refractivity contribution in [2.24, 2.45) is 5.10 Å². The molecule has 2 N–H and O–H groups in total. The van der Waals surface area contributed by atoms with Crippen molar-refractivity contribution in [1.82, 2.24) is 5.43 Å². The second-order valence-electron chi connectivity index (χ2n) is 4.28. The standard InChI is InChI=1S/C17H17N3O/c1-18-16-12-6-5-11-15(16)17(21)20-19-13-7-10-14-8-3-2-4-9-14/h2-13,18H,1H3,(H,20,21)/b10-7+,19-13-. The van der Waals surface area contributed by atoms with E-state index >= 15 is 0 Å². The SMILES string of the molecule is CNc1ccccc1C(=O)N/N=C\C=C\c1ccccc1. The highest BCUT2D eigenvalue weighted by atomic mass is 16.2. The summed E-state index contributed by atoms with van der Waals surface area (Å²) in [5.74, 6) is -0.246. The number of rotatable bonds is 5. The monoisotopic (exact) mass is 279 g/mol. The fourth-order valence-electron chi connectivity index (χ4n) is 1.82. The van der Waals surface area contributed by atoms with Gasteiger partial charge in [-0.25, -0.2) is 5.43 Å². The van der Waals surface area contributed by atoms with Crippen molar-refractivity contribution in [2.75, 3.05) is 12.4 Å². The molecule has 0 unspecified atom stereocenters. The second-order valence-corrected chi connectivity index (χ2v) is 4.28. The van der Waals surface area contributed by atoms with Gasteiger partial charge in [0.15, 0.2) is 0 Å². The van der Waals surface area contributed by atoms with Gasteiger partial charge in [-0.3, -0.25) is 4.79 Å². The summed E-state index contributed by atoms with van der Waals surface area (Å²) in [6.07, 6.45) is 5.24. The molecule has 2 aromatic carbocycles. The number of anilines is 1. The van der Waals surface area contributed by atoms with Crippen LogP contribution in [0.4, 0.5) is 5.69 Å². The molecule has 0 aliphatic heterocycles. The number of para-hydroxylation sites is 1. The molecule has 0 saturated heterocycles. The number of nitrogens with zero attached hydrogens (tertiary/aromatic N) is 1. The van der Waals surface area contributed by atoms with Crippen LogP contribution in [0.1, 0.15) is 15.9 Å². The molecule has 0 aliphatic carbocycles. The average Bonchev–Trinajstić information content (AvgIpc) is 2.55. The predicted molar refractivity (Wildman–Crippen MR) is 87.4 cm³/mol. The van der Waals surface area contributed by atoms with E-state index in [9.17, 15) is 4.79 Å². The minimum atomic E-state index is -0.246. The van der Waals surface area contributed by atoms with E-state index in [4.69, 9.17) is 0 Å². The molecule has 4 heteroatoms. The summed E-state index contributed by atoms with van der Waals surface area (Å²) in [7, 11) is 1.78. The molecule has 0 aromatic heterocycles. The third-order valence-corrected chi connectivity index (χ3v) is 2.86. The molecule has 0 fully saturated rings. The van der Waals surface area contributed by atoms with Gasteiger partial charge in [-0.2, -0.15) is 5.10 Å². The minimum absolute atomic E-state index is 0.246. The van der Waals surface area contributed by atoms with Gasteiger partial charge in [-0.05, 0) is 23.8 Å². The maximum atomic E-state index is 12.0. The molecule has 0 radical (unpaired) electrons. The maximum absolute atomic E-state index is 12.0. The quantitative estimate of drug-likeness (QED) is 0.652. The zero-order valence-electron chi connectivity index (χ0n) is 11.8. The Morgan fingerprint density at radius 1 is 1.05 bits per heavy atom. The summed E-state index contributed by atoms with van der Waals surface area (Å²) in [4.78, 5) is 12.0.